The van der Waals surface area contributed by atoms with Gasteiger partial charge in [0.05, 0.1) is 18.3 Å². The van der Waals surface area contributed by atoms with Gasteiger partial charge in [0, 0.05) is 17.3 Å². The standard InChI is InChI=1S/C13H11ClFNO2/c1-18-11-4-2-3-9(14)12(11)13(17)8-5-6-16-7-10(8)15/h2-7,13,17H,1H3. The number of aromatic nitrogens is 1. The zero-order valence-corrected chi connectivity index (χ0v) is 10.4. The molecule has 1 atom stereocenters. The van der Waals surface area contributed by atoms with Crippen molar-refractivity contribution in [1.29, 1.82) is 0 Å². The van der Waals surface area contributed by atoms with Crippen molar-refractivity contribution in [2.24, 2.45) is 0 Å². The van der Waals surface area contributed by atoms with Gasteiger partial charge in [0.15, 0.2) is 0 Å². The molecule has 3 nitrogen and oxygen atoms in total. The Bertz CT molecular complexity index is 562. The second-order valence-electron chi connectivity index (χ2n) is 3.66. The molecular weight excluding hydrogens is 257 g/mol. The molecule has 0 fully saturated rings. The van der Waals surface area contributed by atoms with Crippen LogP contribution in [0.5, 0.6) is 5.75 Å². The lowest BCUT2D eigenvalue weighted by Gasteiger charge is -2.16. The molecule has 0 amide bonds. The third-order valence-electron chi connectivity index (χ3n) is 2.60. The van der Waals surface area contributed by atoms with Crippen molar-refractivity contribution in [3.8, 4) is 5.75 Å². The van der Waals surface area contributed by atoms with Crippen LogP contribution in [-0.4, -0.2) is 17.2 Å². The number of methoxy groups -OCH3 is 1. The first-order chi connectivity index (χ1) is 8.65. The number of hydrogen-bond donors (Lipinski definition) is 1. The van der Waals surface area contributed by atoms with Crippen molar-refractivity contribution >= 4 is 11.6 Å². The van der Waals surface area contributed by atoms with Crippen molar-refractivity contribution in [2.75, 3.05) is 7.11 Å². The minimum Gasteiger partial charge on any atom is -0.496 e. The zero-order chi connectivity index (χ0) is 13.1. The van der Waals surface area contributed by atoms with Crippen molar-refractivity contribution < 1.29 is 14.2 Å². The number of benzene rings is 1. The Labute approximate surface area is 109 Å². The second kappa shape index (κ2) is 5.33. The second-order valence-corrected chi connectivity index (χ2v) is 4.06. The largest absolute Gasteiger partial charge is 0.496 e. The summed E-state index contributed by atoms with van der Waals surface area (Å²) in [5.74, 6) is -0.182. The fourth-order valence-corrected chi connectivity index (χ4v) is 1.99. The minimum atomic E-state index is -1.20. The molecule has 1 heterocycles. The molecule has 0 aliphatic heterocycles. The van der Waals surface area contributed by atoms with Gasteiger partial charge in [-0.2, -0.15) is 0 Å². The van der Waals surface area contributed by atoms with Gasteiger partial charge in [-0.3, -0.25) is 4.98 Å². The Morgan fingerprint density at radius 3 is 2.83 bits per heavy atom. The van der Waals surface area contributed by atoms with Crippen molar-refractivity contribution in [3.63, 3.8) is 0 Å². The first-order valence-corrected chi connectivity index (χ1v) is 5.62. The summed E-state index contributed by atoms with van der Waals surface area (Å²) in [6.45, 7) is 0. The summed E-state index contributed by atoms with van der Waals surface area (Å²) < 4.78 is 18.7. The van der Waals surface area contributed by atoms with Crippen LogP contribution in [0.25, 0.3) is 0 Å². The van der Waals surface area contributed by atoms with Crippen LogP contribution in [0.15, 0.2) is 36.7 Å². The van der Waals surface area contributed by atoms with Crippen molar-refractivity contribution in [2.45, 2.75) is 6.10 Å². The first-order valence-electron chi connectivity index (χ1n) is 5.25. The zero-order valence-electron chi connectivity index (χ0n) is 9.60. The van der Waals surface area contributed by atoms with E-state index in [2.05, 4.69) is 4.98 Å². The van der Waals surface area contributed by atoms with Gasteiger partial charge >= 0.3 is 0 Å². The van der Waals surface area contributed by atoms with Gasteiger partial charge in [-0.15, -0.1) is 0 Å². The van der Waals surface area contributed by atoms with Crippen LogP contribution in [0.4, 0.5) is 4.39 Å². The Kier molecular flexibility index (Phi) is 3.79. The molecule has 2 aromatic rings. The summed E-state index contributed by atoms with van der Waals surface area (Å²) in [6.07, 6.45) is 1.25. The summed E-state index contributed by atoms with van der Waals surface area (Å²) in [7, 11) is 1.46. The number of hydrogen-bond acceptors (Lipinski definition) is 3. The molecule has 0 saturated carbocycles. The third-order valence-corrected chi connectivity index (χ3v) is 2.93. The smallest absolute Gasteiger partial charge is 0.147 e. The number of halogens is 2. The summed E-state index contributed by atoms with van der Waals surface area (Å²) in [6, 6.07) is 6.37. The van der Waals surface area contributed by atoms with Crippen LogP contribution in [-0.2, 0) is 0 Å². The molecular formula is C13H11ClFNO2. The van der Waals surface area contributed by atoms with Gasteiger partial charge in [-0.25, -0.2) is 4.39 Å². The van der Waals surface area contributed by atoms with Gasteiger partial charge < -0.3 is 9.84 Å². The Hall–Kier alpha value is -1.65. The Morgan fingerprint density at radius 2 is 2.17 bits per heavy atom. The number of aliphatic hydroxyl groups is 1. The summed E-state index contributed by atoms with van der Waals surface area (Å²) in [5, 5.41) is 10.6. The highest BCUT2D eigenvalue weighted by atomic mass is 35.5. The highest BCUT2D eigenvalue weighted by Crippen LogP contribution is 2.36. The van der Waals surface area contributed by atoms with E-state index >= 15 is 0 Å². The van der Waals surface area contributed by atoms with E-state index in [9.17, 15) is 9.50 Å². The molecule has 2 rings (SSSR count). The summed E-state index contributed by atoms with van der Waals surface area (Å²) in [4.78, 5) is 3.64. The average Bonchev–Trinajstić information content (AvgIpc) is 2.38. The van der Waals surface area contributed by atoms with Crippen LogP contribution in [0, 0.1) is 5.82 Å². The van der Waals surface area contributed by atoms with Gasteiger partial charge in [0.1, 0.15) is 17.7 Å². The fraction of sp³-hybridized carbons (Fsp3) is 0.154. The third kappa shape index (κ3) is 2.30. The Balaban J connectivity index is 2.52. The molecule has 18 heavy (non-hydrogen) atoms. The predicted molar refractivity (Wildman–Crippen MR) is 66.3 cm³/mol. The number of aliphatic hydroxyl groups excluding tert-OH is 1. The molecule has 0 bridgehead atoms. The lowest BCUT2D eigenvalue weighted by molar-refractivity contribution is 0.209. The van der Waals surface area contributed by atoms with Crippen LogP contribution < -0.4 is 4.74 Å². The lowest BCUT2D eigenvalue weighted by Crippen LogP contribution is -2.05. The molecule has 0 radical (unpaired) electrons. The molecule has 94 valence electrons. The van der Waals surface area contributed by atoms with E-state index in [4.69, 9.17) is 16.3 Å². The number of ether oxygens (including phenoxy) is 1. The van der Waals surface area contributed by atoms with Gasteiger partial charge in [0.2, 0.25) is 0 Å². The average molecular weight is 268 g/mol. The molecule has 0 aliphatic carbocycles. The molecule has 5 heteroatoms. The molecule has 1 aromatic carbocycles. The van der Waals surface area contributed by atoms with Crippen LogP contribution in [0.1, 0.15) is 17.2 Å². The maximum atomic E-state index is 13.6. The SMILES string of the molecule is COc1cccc(Cl)c1C(O)c1ccncc1F. The van der Waals surface area contributed by atoms with E-state index in [-0.39, 0.29) is 5.56 Å². The lowest BCUT2D eigenvalue weighted by atomic mass is 10.0. The Morgan fingerprint density at radius 1 is 1.39 bits per heavy atom. The van der Waals surface area contributed by atoms with Crippen LogP contribution in [0.2, 0.25) is 5.02 Å². The van der Waals surface area contributed by atoms with E-state index in [1.165, 1.54) is 19.4 Å². The normalized spacial score (nSPS) is 12.2. The van der Waals surface area contributed by atoms with E-state index in [1.54, 1.807) is 18.2 Å². The van der Waals surface area contributed by atoms with E-state index in [0.717, 1.165) is 6.20 Å². The predicted octanol–water partition coefficient (Wildman–Crippen LogP) is 2.96. The minimum absolute atomic E-state index is 0.108. The van der Waals surface area contributed by atoms with E-state index < -0.39 is 11.9 Å². The van der Waals surface area contributed by atoms with Crippen LogP contribution >= 0.6 is 11.6 Å². The highest BCUT2D eigenvalue weighted by Gasteiger charge is 2.21. The quantitative estimate of drug-likeness (QED) is 0.930. The van der Waals surface area contributed by atoms with E-state index in [1.807, 2.05) is 0 Å². The van der Waals surface area contributed by atoms with Gasteiger partial charge in [-0.1, -0.05) is 17.7 Å². The number of pyridine rings is 1. The molecule has 0 spiro atoms. The summed E-state index contributed by atoms with van der Waals surface area (Å²) in [5.41, 5.74) is 0.447. The maximum Gasteiger partial charge on any atom is 0.147 e. The molecule has 1 N–H and O–H groups in total. The number of rotatable bonds is 3. The first kappa shape index (κ1) is 12.8. The van der Waals surface area contributed by atoms with Crippen LogP contribution in [0.3, 0.4) is 0 Å². The number of nitrogens with zero attached hydrogens (tertiary/aromatic N) is 1. The monoisotopic (exact) mass is 267 g/mol. The fourth-order valence-electron chi connectivity index (χ4n) is 1.72. The highest BCUT2D eigenvalue weighted by molar-refractivity contribution is 6.31. The van der Waals surface area contributed by atoms with Gasteiger partial charge in [-0.05, 0) is 18.2 Å². The molecule has 1 unspecified atom stereocenters. The van der Waals surface area contributed by atoms with Crippen molar-refractivity contribution in [1.82, 2.24) is 4.98 Å². The maximum absolute atomic E-state index is 13.6. The van der Waals surface area contributed by atoms with Gasteiger partial charge in [0.25, 0.3) is 0 Å². The van der Waals surface area contributed by atoms with E-state index in [0.29, 0.717) is 16.3 Å². The molecule has 0 saturated heterocycles. The van der Waals surface area contributed by atoms with Crippen molar-refractivity contribution in [3.05, 3.63) is 58.6 Å². The molecule has 0 aliphatic rings. The molecule has 1 aromatic heterocycles. The topological polar surface area (TPSA) is 42.4 Å². The summed E-state index contributed by atoms with van der Waals surface area (Å²) >= 11 is 6.03.